The van der Waals surface area contributed by atoms with Gasteiger partial charge in [-0.3, -0.25) is 0 Å². The number of thiazole rings is 1. The predicted octanol–water partition coefficient (Wildman–Crippen LogP) is 4.26. The molecule has 0 aromatic carbocycles. The summed E-state index contributed by atoms with van der Waals surface area (Å²) in [6.45, 7) is 3.92. The van der Waals surface area contributed by atoms with E-state index in [0.29, 0.717) is 22.6 Å². The zero-order chi connectivity index (χ0) is 17.7. The Labute approximate surface area is 165 Å². The van der Waals surface area contributed by atoms with Crippen LogP contribution in [0.15, 0.2) is 24.7 Å². The molecule has 9 heteroatoms. The molecular weight excluding hydrogens is 387 g/mol. The Hall–Kier alpha value is -2.32. The Balaban J connectivity index is 0.00000180. The van der Waals surface area contributed by atoms with Crippen molar-refractivity contribution in [1.82, 2.24) is 24.3 Å². The summed E-state index contributed by atoms with van der Waals surface area (Å²) >= 11 is 1.55. The van der Waals surface area contributed by atoms with Crippen LogP contribution in [0, 0.1) is 12.7 Å². The lowest BCUT2D eigenvalue weighted by Gasteiger charge is -2.25. The highest BCUT2D eigenvalue weighted by molar-refractivity contribution is 7.21. The SMILES string of the molecule is Cc1cn2cc(-c3cnc4nc(N5CCCCC5)sc4n3)cc(F)c2n1.Cl. The van der Waals surface area contributed by atoms with Crippen molar-refractivity contribution in [2.24, 2.45) is 0 Å². The van der Waals surface area contributed by atoms with Gasteiger partial charge in [0.15, 0.2) is 27.1 Å². The molecule has 0 bridgehead atoms. The topological polar surface area (TPSA) is 59.2 Å². The van der Waals surface area contributed by atoms with Crippen LogP contribution in [0.3, 0.4) is 0 Å². The fourth-order valence-electron chi connectivity index (χ4n) is 3.39. The summed E-state index contributed by atoms with van der Waals surface area (Å²) in [5.41, 5.74) is 3.06. The zero-order valence-electron chi connectivity index (χ0n) is 14.7. The number of pyridine rings is 1. The molecule has 0 saturated carbocycles. The molecule has 0 amide bonds. The van der Waals surface area contributed by atoms with E-state index in [0.717, 1.165) is 28.7 Å². The van der Waals surface area contributed by atoms with Crippen molar-refractivity contribution < 1.29 is 4.39 Å². The molecule has 0 unspecified atom stereocenters. The highest BCUT2D eigenvalue weighted by Gasteiger charge is 2.17. The average molecular weight is 405 g/mol. The number of imidazole rings is 1. The van der Waals surface area contributed by atoms with E-state index in [1.54, 1.807) is 28.1 Å². The Morgan fingerprint density at radius 2 is 1.89 bits per heavy atom. The molecule has 1 aliphatic rings. The van der Waals surface area contributed by atoms with Gasteiger partial charge in [-0.05, 0) is 32.3 Å². The van der Waals surface area contributed by atoms with Gasteiger partial charge in [-0.1, -0.05) is 11.3 Å². The summed E-state index contributed by atoms with van der Waals surface area (Å²) in [6, 6.07) is 1.46. The molecule has 5 heterocycles. The van der Waals surface area contributed by atoms with E-state index in [4.69, 9.17) is 0 Å². The van der Waals surface area contributed by atoms with Crippen molar-refractivity contribution in [1.29, 1.82) is 0 Å². The smallest absolute Gasteiger partial charge is 0.191 e. The summed E-state index contributed by atoms with van der Waals surface area (Å²) < 4.78 is 16.1. The van der Waals surface area contributed by atoms with Crippen LogP contribution in [0.1, 0.15) is 25.0 Å². The van der Waals surface area contributed by atoms with Crippen LogP contribution < -0.4 is 4.90 Å². The maximum absolute atomic E-state index is 14.4. The average Bonchev–Trinajstić information content (AvgIpc) is 3.24. The third kappa shape index (κ3) is 3.23. The van der Waals surface area contributed by atoms with Crippen molar-refractivity contribution in [3.8, 4) is 11.3 Å². The second kappa shape index (κ2) is 7.01. The summed E-state index contributed by atoms with van der Waals surface area (Å²) in [4.78, 5) is 21.0. The number of nitrogens with zero attached hydrogens (tertiary/aromatic N) is 6. The van der Waals surface area contributed by atoms with Gasteiger partial charge in [-0.2, -0.15) is 4.98 Å². The number of aromatic nitrogens is 5. The first-order chi connectivity index (χ1) is 12.7. The Bertz CT molecular complexity index is 1120. The first-order valence-electron chi connectivity index (χ1n) is 8.71. The van der Waals surface area contributed by atoms with E-state index in [2.05, 4.69) is 24.8 Å². The van der Waals surface area contributed by atoms with Crippen molar-refractivity contribution in [2.45, 2.75) is 26.2 Å². The monoisotopic (exact) mass is 404 g/mol. The number of anilines is 1. The molecule has 1 aliphatic heterocycles. The van der Waals surface area contributed by atoms with Crippen molar-refractivity contribution in [3.63, 3.8) is 0 Å². The van der Waals surface area contributed by atoms with E-state index >= 15 is 0 Å². The molecule has 140 valence electrons. The van der Waals surface area contributed by atoms with Crippen molar-refractivity contribution >= 4 is 45.0 Å². The van der Waals surface area contributed by atoms with Crippen LogP contribution in [-0.4, -0.2) is 37.4 Å². The molecule has 0 atom stereocenters. The van der Waals surface area contributed by atoms with E-state index in [9.17, 15) is 4.39 Å². The molecule has 0 aliphatic carbocycles. The van der Waals surface area contributed by atoms with Crippen molar-refractivity contribution in [3.05, 3.63) is 36.2 Å². The lowest BCUT2D eigenvalue weighted by molar-refractivity contribution is 0.577. The highest BCUT2D eigenvalue weighted by atomic mass is 35.5. The fraction of sp³-hybridized carbons (Fsp3) is 0.333. The van der Waals surface area contributed by atoms with Gasteiger partial charge in [0, 0.05) is 31.0 Å². The van der Waals surface area contributed by atoms with Gasteiger partial charge in [0.05, 0.1) is 17.6 Å². The van der Waals surface area contributed by atoms with Crippen LogP contribution >= 0.6 is 23.7 Å². The molecule has 0 spiro atoms. The maximum Gasteiger partial charge on any atom is 0.191 e. The third-order valence-electron chi connectivity index (χ3n) is 4.66. The molecule has 4 aromatic rings. The predicted molar refractivity (Wildman–Crippen MR) is 107 cm³/mol. The van der Waals surface area contributed by atoms with Crippen LogP contribution in [0.2, 0.25) is 0 Å². The number of rotatable bonds is 2. The van der Waals surface area contributed by atoms with Gasteiger partial charge in [0.2, 0.25) is 0 Å². The van der Waals surface area contributed by atoms with Crippen LogP contribution in [0.4, 0.5) is 9.52 Å². The van der Waals surface area contributed by atoms with E-state index in [1.165, 1.54) is 25.3 Å². The van der Waals surface area contributed by atoms with Crippen LogP contribution in [0.5, 0.6) is 0 Å². The van der Waals surface area contributed by atoms with Gasteiger partial charge in [0.1, 0.15) is 0 Å². The number of halogens is 2. The number of hydrogen-bond donors (Lipinski definition) is 0. The lowest BCUT2D eigenvalue weighted by Crippen LogP contribution is -2.29. The molecule has 4 aromatic heterocycles. The van der Waals surface area contributed by atoms with Crippen molar-refractivity contribution in [2.75, 3.05) is 18.0 Å². The molecule has 27 heavy (non-hydrogen) atoms. The Morgan fingerprint density at radius 1 is 1.07 bits per heavy atom. The third-order valence-corrected chi connectivity index (χ3v) is 5.66. The zero-order valence-corrected chi connectivity index (χ0v) is 16.4. The summed E-state index contributed by atoms with van der Waals surface area (Å²) in [6.07, 6.45) is 8.98. The summed E-state index contributed by atoms with van der Waals surface area (Å²) in [5, 5.41) is 0.976. The summed E-state index contributed by atoms with van der Waals surface area (Å²) in [7, 11) is 0. The molecule has 0 radical (unpaired) electrons. The quantitative estimate of drug-likeness (QED) is 0.499. The van der Waals surface area contributed by atoms with Crippen LogP contribution in [0.25, 0.3) is 27.4 Å². The minimum absolute atomic E-state index is 0. The first kappa shape index (κ1) is 18.1. The highest BCUT2D eigenvalue weighted by Crippen LogP contribution is 2.30. The molecule has 0 N–H and O–H groups in total. The minimum Gasteiger partial charge on any atom is -0.348 e. The second-order valence-corrected chi connectivity index (χ2v) is 7.57. The standard InChI is InChI=1S/C18H17FN6S.ClH/c1-11-9-25-10-12(7-13(19)16(25)21-11)14-8-20-15-17(22-14)26-18(23-15)24-5-3-2-4-6-24;/h7-10H,2-6H2,1H3;1H. The Morgan fingerprint density at radius 3 is 2.70 bits per heavy atom. The number of aryl methyl sites for hydroxylation is 1. The first-order valence-corrected chi connectivity index (χ1v) is 9.53. The van der Waals surface area contributed by atoms with Gasteiger partial charge >= 0.3 is 0 Å². The molecule has 5 rings (SSSR count). The van der Waals surface area contributed by atoms with E-state index in [-0.39, 0.29) is 18.2 Å². The number of piperidine rings is 1. The molecule has 6 nitrogen and oxygen atoms in total. The van der Waals surface area contributed by atoms with E-state index < -0.39 is 0 Å². The molecule has 1 saturated heterocycles. The second-order valence-electron chi connectivity index (χ2n) is 6.62. The largest absolute Gasteiger partial charge is 0.348 e. The molecular formula is C18H18ClFN6S. The fourth-order valence-corrected chi connectivity index (χ4v) is 4.34. The maximum atomic E-state index is 14.4. The van der Waals surface area contributed by atoms with Crippen LogP contribution in [-0.2, 0) is 0 Å². The van der Waals surface area contributed by atoms with Gasteiger partial charge in [0.25, 0.3) is 0 Å². The van der Waals surface area contributed by atoms with Gasteiger partial charge in [-0.15, -0.1) is 12.4 Å². The van der Waals surface area contributed by atoms with Gasteiger partial charge < -0.3 is 9.30 Å². The van der Waals surface area contributed by atoms with E-state index in [1.807, 2.05) is 13.1 Å². The Kier molecular flexibility index (Phi) is 4.69. The number of fused-ring (bicyclic) bond motifs is 2. The minimum atomic E-state index is -0.365. The number of hydrogen-bond acceptors (Lipinski definition) is 6. The lowest BCUT2D eigenvalue weighted by atomic mass is 10.1. The molecule has 1 fully saturated rings. The normalized spacial score (nSPS) is 14.7. The summed E-state index contributed by atoms with van der Waals surface area (Å²) in [5.74, 6) is -0.365. The van der Waals surface area contributed by atoms with Gasteiger partial charge in [-0.25, -0.2) is 19.3 Å².